The van der Waals surface area contributed by atoms with E-state index >= 15 is 0 Å². The predicted octanol–water partition coefficient (Wildman–Crippen LogP) is 1.77. The van der Waals surface area contributed by atoms with Crippen molar-refractivity contribution >= 4 is 8.03 Å². The summed E-state index contributed by atoms with van der Waals surface area (Å²) >= 11 is 0. The van der Waals surface area contributed by atoms with Gasteiger partial charge in [-0.1, -0.05) is 13.8 Å². The molecule has 8 heavy (non-hydrogen) atoms. The monoisotopic (exact) mass is 135 g/mol. The lowest BCUT2D eigenvalue weighted by Gasteiger charge is -1.98. The maximum Gasteiger partial charge on any atom is 0.508 e. The lowest BCUT2D eigenvalue weighted by atomic mass is 10.2. The lowest BCUT2D eigenvalue weighted by Crippen LogP contribution is -2.04. The van der Waals surface area contributed by atoms with Crippen LogP contribution >= 0.6 is 8.03 Å². The van der Waals surface area contributed by atoms with Crippen LogP contribution in [0.2, 0.25) is 0 Å². The van der Waals surface area contributed by atoms with Crippen molar-refractivity contribution in [3.8, 4) is 0 Å². The fourth-order valence-corrected chi connectivity index (χ4v) is 0.765. The van der Waals surface area contributed by atoms with Gasteiger partial charge in [-0.15, -0.1) is 0 Å². The second-order valence-electron chi connectivity index (χ2n) is 2.29. The summed E-state index contributed by atoms with van der Waals surface area (Å²) < 4.78 is 10.3. The van der Waals surface area contributed by atoms with Crippen LogP contribution < -0.4 is 0 Å². The molecule has 0 heterocycles. The van der Waals surface area contributed by atoms with Crippen LogP contribution in [0.3, 0.4) is 0 Å². The summed E-state index contributed by atoms with van der Waals surface area (Å²) in [6, 6.07) is 0. The van der Waals surface area contributed by atoms with Crippen LogP contribution in [0, 0.1) is 5.92 Å². The van der Waals surface area contributed by atoms with Crippen molar-refractivity contribution in [2.24, 2.45) is 5.92 Å². The Morgan fingerprint density at radius 3 is 1.75 bits per heavy atom. The Morgan fingerprint density at radius 1 is 1.38 bits per heavy atom. The van der Waals surface area contributed by atoms with Crippen LogP contribution in [0.1, 0.15) is 20.8 Å². The third-order valence-corrected chi connectivity index (χ3v) is 2.61. The van der Waals surface area contributed by atoms with Gasteiger partial charge in [-0.25, -0.2) is 0 Å². The zero-order valence-electron chi connectivity index (χ0n) is 5.46. The van der Waals surface area contributed by atoms with Crippen molar-refractivity contribution < 1.29 is 9.46 Å². The molecule has 3 heteroatoms. The predicted molar refractivity (Wildman–Crippen MR) is 34.1 cm³/mol. The van der Waals surface area contributed by atoms with E-state index in [1.807, 2.05) is 13.8 Å². The van der Waals surface area contributed by atoms with Crippen molar-refractivity contribution in [2.75, 3.05) is 0 Å². The van der Waals surface area contributed by atoms with Gasteiger partial charge in [-0.2, -0.15) is 4.89 Å². The second kappa shape index (κ2) is 3.16. The Morgan fingerprint density at radius 2 is 1.75 bits per heavy atom. The van der Waals surface area contributed by atoms with Gasteiger partial charge in [0.15, 0.2) is 5.66 Å². The molecule has 2 unspecified atom stereocenters. The highest BCUT2D eigenvalue weighted by Gasteiger charge is 2.25. The van der Waals surface area contributed by atoms with Crippen LogP contribution in [0.25, 0.3) is 0 Å². The molecule has 0 aromatic carbocycles. The molecule has 0 bridgehead atoms. The molecule has 0 aromatic rings. The molecule has 0 aliphatic carbocycles. The van der Waals surface area contributed by atoms with Gasteiger partial charge < -0.3 is 0 Å². The molecule has 2 nitrogen and oxygen atoms in total. The second-order valence-corrected chi connectivity index (χ2v) is 3.71. The fraction of sp³-hybridized carbons (Fsp3) is 1.00. The summed E-state index contributed by atoms with van der Waals surface area (Å²) in [6.07, 6.45) is 0. The number of hydrogen-bond acceptors (Lipinski definition) is 1. The first-order valence-electron chi connectivity index (χ1n) is 2.71. The largest absolute Gasteiger partial charge is 0.508 e. The van der Waals surface area contributed by atoms with Gasteiger partial charge >= 0.3 is 8.03 Å². The number of hydrogen-bond donors (Lipinski definition) is 1. The van der Waals surface area contributed by atoms with Gasteiger partial charge in [0.2, 0.25) is 0 Å². The summed E-state index contributed by atoms with van der Waals surface area (Å²) in [5.74, 6) is 0.309. The summed E-state index contributed by atoms with van der Waals surface area (Å²) in [7, 11) is -1.95. The molecule has 2 atom stereocenters. The SMILES string of the molecule is CC(C)C(C)[P+](=O)O. The minimum atomic E-state index is -1.95. The Kier molecular flexibility index (Phi) is 3.18. The van der Waals surface area contributed by atoms with E-state index in [4.69, 9.17) is 4.89 Å². The normalized spacial score (nSPS) is 16.4. The molecule has 0 aliphatic heterocycles. The van der Waals surface area contributed by atoms with Gasteiger partial charge in [-0.3, -0.25) is 0 Å². The first-order chi connectivity index (χ1) is 3.55. The van der Waals surface area contributed by atoms with E-state index in [0.717, 1.165) is 0 Å². The quantitative estimate of drug-likeness (QED) is 0.586. The topological polar surface area (TPSA) is 37.3 Å². The van der Waals surface area contributed by atoms with Crippen LogP contribution in [-0.4, -0.2) is 10.6 Å². The summed E-state index contributed by atoms with van der Waals surface area (Å²) in [6.45, 7) is 5.66. The molecule has 0 amide bonds. The highest BCUT2D eigenvalue weighted by atomic mass is 31.1. The van der Waals surface area contributed by atoms with E-state index in [9.17, 15) is 4.57 Å². The molecular weight excluding hydrogens is 123 g/mol. The first-order valence-corrected chi connectivity index (χ1v) is 3.99. The third-order valence-electron chi connectivity index (χ3n) is 1.31. The van der Waals surface area contributed by atoms with Gasteiger partial charge in [0, 0.05) is 5.92 Å². The Bertz CT molecular complexity index is 90.4. The van der Waals surface area contributed by atoms with E-state index in [1.54, 1.807) is 6.92 Å². The summed E-state index contributed by atoms with van der Waals surface area (Å²) in [4.78, 5) is 8.50. The summed E-state index contributed by atoms with van der Waals surface area (Å²) in [5, 5.41) is 0. The molecule has 1 N–H and O–H groups in total. The van der Waals surface area contributed by atoms with Crippen LogP contribution in [0.15, 0.2) is 0 Å². The van der Waals surface area contributed by atoms with Gasteiger partial charge in [0.1, 0.15) is 0 Å². The fourth-order valence-electron chi connectivity index (χ4n) is 0.255. The average molecular weight is 135 g/mol. The van der Waals surface area contributed by atoms with Gasteiger partial charge in [-0.05, 0) is 11.5 Å². The molecule has 0 spiro atoms. The number of rotatable bonds is 2. The Balaban J connectivity index is 3.64. The van der Waals surface area contributed by atoms with Crippen molar-refractivity contribution in [3.05, 3.63) is 0 Å². The van der Waals surface area contributed by atoms with Crippen molar-refractivity contribution in [3.63, 3.8) is 0 Å². The summed E-state index contributed by atoms with van der Waals surface area (Å²) in [5.41, 5.74) is -0.0648. The molecule has 0 aromatic heterocycles. The van der Waals surface area contributed by atoms with Crippen molar-refractivity contribution in [1.29, 1.82) is 0 Å². The van der Waals surface area contributed by atoms with Crippen molar-refractivity contribution in [1.82, 2.24) is 0 Å². The zero-order chi connectivity index (χ0) is 6.73. The third kappa shape index (κ3) is 2.39. The Labute approximate surface area is 50.8 Å². The minimum absolute atomic E-state index is 0.0648. The van der Waals surface area contributed by atoms with E-state index < -0.39 is 8.03 Å². The smallest absolute Gasteiger partial charge is 0.161 e. The molecule has 0 fully saturated rings. The van der Waals surface area contributed by atoms with E-state index in [1.165, 1.54) is 0 Å². The molecule has 0 rings (SSSR count). The molecule has 0 saturated carbocycles. The highest BCUT2D eigenvalue weighted by molar-refractivity contribution is 7.38. The van der Waals surface area contributed by atoms with Crippen LogP contribution in [0.4, 0.5) is 0 Å². The lowest BCUT2D eigenvalue weighted by molar-refractivity contribution is 0.470. The molecule has 0 radical (unpaired) electrons. The van der Waals surface area contributed by atoms with E-state index in [2.05, 4.69) is 0 Å². The van der Waals surface area contributed by atoms with Gasteiger partial charge in [0.25, 0.3) is 0 Å². The Hall–Kier alpha value is 0.0600. The molecular formula is C5H12O2P+. The molecule has 48 valence electrons. The molecule has 0 saturated heterocycles. The highest BCUT2D eigenvalue weighted by Crippen LogP contribution is 2.27. The zero-order valence-corrected chi connectivity index (χ0v) is 6.35. The minimum Gasteiger partial charge on any atom is -0.161 e. The maximum atomic E-state index is 10.3. The maximum absolute atomic E-state index is 10.3. The van der Waals surface area contributed by atoms with Crippen molar-refractivity contribution in [2.45, 2.75) is 26.4 Å². The molecule has 0 aliphatic rings. The van der Waals surface area contributed by atoms with E-state index in [-0.39, 0.29) is 5.66 Å². The van der Waals surface area contributed by atoms with Crippen LogP contribution in [-0.2, 0) is 4.57 Å². The standard InChI is InChI=1S/C5H11O2P/c1-4(2)5(3)8(6)7/h4-5H,1-3H3/p+1. The van der Waals surface area contributed by atoms with E-state index in [0.29, 0.717) is 5.92 Å². The first kappa shape index (κ1) is 8.06. The average Bonchev–Trinajstić information content (AvgIpc) is 1.64. The van der Waals surface area contributed by atoms with Gasteiger partial charge in [0.05, 0.1) is 0 Å². The van der Waals surface area contributed by atoms with Crippen LogP contribution in [0.5, 0.6) is 0 Å².